The van der Waals surface area contributed by atoms with Gasteiger partial charge in [-0.3, -0.25) is 4.79 Å². The first-order valence-electron chi connectivity index (χ1n) is 5.51. The number of nitrogens with one attached hydrogen (secondary N) is 1. The normalized spacial score (nSPS) is 13.3. The van der Waals surface area contributed by atoms with Crippen molar-refractivity contribution in [2.45, 2.75) is 26.8 Å². The highest BCUT2D eigenvalue weighted by molar-refractivity contribution is 5.71. The fourth-order valence-electron chi connectivity index (χ4n) is 1.33. The first kappa shape index (κ1) is 14.4. The van der Waals surface area contributed by atoms with Crippen LogP contribution in [0.5, 0.6) is 0 Å². The summed E-state index contributed by atoms with van der Waals surface area (Å²) >= 11 is 0. The van der Waals surface area contributed by atoms with Crippen LogP contribution in [0.1, 0.15) is 20.8 Å². The number of hydrogen-bond acceptors (Lipinski definition) is 4. The number of rotatable bonds is 7. The van der Waals surface area contributed by atoms with Gasteiger partial charge in [-0.05, 0) is 26.9 Å². The highest BCUT2D eigenvalue weighted by atomic mass is 16.5. The Kier molecular flexibility index (Phi) is 7.34. The van der Waals surface area contributed by atoms with Gasteiger partial charge in [0.2, 0.25) is 0 Å². The van der Waals surface area contributed by atoms with Crippen LogP contribution in [0, 0.1) is 5.92 Å². The van der Waals surface area contributed by atoms with Crippen LogP contribution in [-0.2, 0) is 9.53 Å². The third-order valence-corrected chi connectivity index (χ3v) is 2.18. The van der Waals surface area contributed by atoms with E-state index in [9.17, 15) is 4.79 Å². The molecule has 0 spiro atoms. The molecule has 0 aromatic heterocycles. The van der Waals surface area contributed by atoms with Gasteiger partial charge in [-0.2, -0.15) is 0 Å². The monoisotopic (exact) mass is 216 g/mol. The van der Waals surface area contributed by atoms with E-state index >= 15 is 0 Å². The van der Waals surface area contributed by atoms with Crippen LogP contribution in [0.25, 0.3) is 0 Å². The highest BCUT2D eigenvalue weighted by Crippen LogP contribution is 2.02. The number of likely N-dealkylation sites (N-methyl/N-ethyl adjacent to an activating group) is 1. The first-order valence-corrected chi connectivity index (χ1v) is 5.51. The molecule has 0 amide bonds. The molecular formula is C11H24N2O2. The Labute approximate surface area is 93.0 Å². The summed E-state index contributed by atoms with van der Waals surface area (Å²) in [5.41, 5.74) is 0. The SMILES string of the molecule is CCOC(=O)CNC(CN(C)C)C(C)C. The van der Waals surface area contributed by atoms with Crippen molar-refractivity contribution in [2.24, 2.45) is 5.92 Å². The van der Waals surface area contributed by atoms with Crippen molar-refractivity contribution in [3.8, 4) is 0 Å². The number of esters is 1. The predicted molar refractivity (Wildman–Crippen MR) is 61.8 cm³/mol. The Morgan fingerprint density at radius 2 is 2.00 bits per heavy atom. The van der Waals surface area contributed by atoms with Gasteiger partial charge in [0, 0.05) is 12.6 Å². The Morgan fingerprint density at radius 1 is 1.40 bits per heavy atom. The maximum atomic E-state index is 11.2. The average molecular weight is 216 g/mol. The van der Waals surface area contributed by atoms with Crippen molar-refractivity contribution < 1.29 is 9.53 Å². The van der Waals surface area contributed by atoms with Crippen molar-refractivity contribution in [1.29, 1.82) is 0 Å². The zero-order chi connectivity index (χ0) is 11.8. The van der Waals surface area contributed by atoms with Crippen molar-refractivity contribution >= 4 is 5.97 Å². The summed E-state index contributed by atoms with van der Waals surface area (Å²) in [5.74, 6) is 0.323. The summed E-state index contributed by atoms with van der Waals surface area (Å²) in [5, 5.41) is 3.22. The van der Waals surface area contributed by atoms with E-state index in [1.807, 2.05) is 21.0 Å². The maximum Gasteiger partial charge on any atom is 0.319 e. The molecule has 0 aromatic carbocycles. The van der Waals surface area contributed by atoms with Crippen LogP contribution in [0.15, 0.2) is 0 Å². The summed E-state index contributed by atoms with van der Waals surface area (Å²) in [6, 6.07) is 0.324. The summed E-state index contributed by atoms with van der Waals surface area (Å²) in [6.07, 6.45) is 0. The summed E-state index contributed by atoms with van der Waals surface area (Å²) in [4.78, 5) is 13.3. The maximum absolute atomic E-state index is 11.2. The molecular weight excluding hydrogens is 192 g/mol. The molecule has 1 N–H and O–H groups in total. The first-order chi connectivity index (χ1) is 6.97. The second-order valence-electron chi connectivity index (χ2n) is 4.30. The van der Waals surface area contributed by atoms with Crippen LogP contribution < -0.4 is 5.32 Å². The van der Waals surface area contributed by atoms with Crippen LogP contribution in [-0.4, -0.2) is 50.7 Å². The van der Waals surface area contributed by atoms with Crippen LogP contribution in [0.2, 0.25) is 0 Å². The molecule has 0 bridgehead atoms. The Morgan fingerprint density at radius 3 is 2.40 bits per heavy atom. The fraction of sp³-hybridized carbons (Fsp3) is 0.909. The minimum absolute atomic E-state index is 0.179. The van der Waals surface area contributed by atoms with E-state index in [1.54, 1.807) is 0 Å². The van der Waals surface area contributed by atoms with Crippen molar-refractivity contribution in [3.63, 3.8) is 0 Å². The molecule has 1 atom stereocenters. The van der Waals surface area contributed by atoms with E-state index in [2.05, 4.69) is 24.1 Å². The minimum Gasteiger partial charge on any atom is -0.465 e. The summed E-state index contributed by atoms with van der Waals surface area (Å²) < 4.78 is 4.86. The Hall–Kier alpha value is -0.610. The van der Waals surface area contributed by atoms with Gasteiger partial charge in [0.05, 0.1) is 13.2 Å². The number of hydrogen-bond donors (Lipinski definition) is 1. The van der Waals surface area contributed by atoms with Crippen LogP contribution >= 0.6 is 0 Å². The number of nitrogens with zero attached hydrogens (tertiary/aromatic N) is 1. The van der Waals surface area contributed by atoms with E-state index in [0.29, 0.717) is 25.1 Å². The van der Waals surface area contributed by atoms with Crippen LogP contribution in [0.3, 0.4) is 0 Å². The molecule has 1 unspecified atom stereocenters. The molecule has 0 rings (SSSR count). The highest BCUT2D eigenvalue weighted by Gasteiger charge is 2.15. The largest absolute Gasteiger partial charge is 0.465 e. The van der Waals surface area contributed by atoms with Gasteiger partial charge in [-0.1, -0.05) is 13.8 Å². The summed E-state index contributed by atoms with van der Waals surface area (Å²) in [6.45, 7) is 7.78. The molecule has 4 nitrogen and oxygen atoms in total. The number of carbonyl (C=O) groups is 1. The average Bonchev–Trinajstić information content (AvgIpc) is 2.11. The summed E-state index contributed by atoms with van der Waals surface area (Å²) in [7, 11) is 4.06. The predicted octanol–water partition coefficient (Wildman–Crippen LogP) is 0.725. The lowest BCUT2D eigenvalue weighted by Gasteiger charge is -2.25. The quantitative estimate of drug-likeness (QED) is 0.637. The van der Waals surface area contributed by atoms with E-state index < -0.39 is 0 Å². The van der Waals surface area contributed by atoms with Gasteiger partial charge >= 0.3 is 5.97 Å². The molecule has 0 aliphatic heterocycles. The molecule has 0 aliphatic carbocycles. The van der Waals surface area contributed by atoms with E-state index in [4.69, 9.17) is 4.74 Å². The second kappa shape index (κ2) is 7.65. The molecule has 15 heavy (non-hydrogen) atoms. The van der Waals surface area contributed by atoms with Crippen molar-refractivity contribution in [1.82, 2.24) is 10.2 Å². The van der Waals surface area contributed by atoms with Crippen molar-refractivity contribution in [3.05, 3.63) is 0 Å². The van der Waals surface area contributed by atoms with Gasteiger partial charge in [0.1, 0.15) is 0 Å². The standard InChI is InChI=1S/C11H24N2O2/c1-6-15-11(14)7-12-10(9(2)3)8-13(4)5/h9-10,12H,6-8H2,1-5H3. The Bertz CT molecular complexity index is 181. The van der Waals surface area contributed by atoms with Gasteiger partial charge < -0.3 is 15.0 Å². The lowest BCUT2D eigenvalue weighted by molar-refractivity contribution is -0.142. The number of ether oxygens (including phenoxy) is 1. The van der Waals surface area contributed by atoms with Gasteiger partial charge in [0.25, 0.3) is 0 Å². The second-order valence-corrected chi connectivity index (χ2v) is 4.30. The topological polar surface area (TPSA) is 41.6 Å². The van der Waals surface area contributed by atoms with E-state index in [1.165, 1.54) is 0 Å². The smallest absolute Gasteiger partial charge is 0.319 e. The van der Waals surface area contributed by atoms with Crippen LogP contribution in [0.4, 0.5) is 0 Å². The molecule has 0 saturated carbocycles. The van der Waals surface area contributed by atoms with Gasteiger partial charge in [-0.25, -0.2) is 0 Å². The zero-order valence-electron chi connectivity index (χ0n) is 10.5. The molecule has 0 saturated heterocycles. The molecule has 0 radical (unpaired) electrons. The molecule has 4 heteroatoms. The fourth-order valence-corrected chi connectivity index (χ4v) is 1.33. The Balaban J connectivity index is 3.90. The van der Waals surface area contributed by atoms with Gasteiger partial charge in [0.15, 0.2) is 0 Å². The van der Waals surface area contributed by atoms with Crippen molar-refractivity contribution in [2.75, 3.05) is 33.8 Å². The van der Waals surface area contributed by atoms with E-state index in [0.717, 1.165) is 6.54 Å². The van der Waals surface area contributed by atoms with E-state index in [-0.39, 0.29) is 5.97 Å². The molecule has 0 fully saturated rings. The minimum atomic E-state index is -0.179. The molecule has 0 aliphatic rings. The lowest BCUT2D eigenvalue weighted by Crippen LogP contribution is -2.44. The zero-order valence-corrected chi connectivity index (χ0v) is 10.5. The molecule has 0 heterocycles. The third-order valence-electron chi connectivity index (χ3n) is 2.18. The number of carbonyl (C=O) groups excluding carboxylic acids is 1. The molecule has 0 aromatic rings. The van der Waals surface area contributed by atoms with Gasteiger partial charge in [-0.15, -0.1) is 0 Å². The third kappa shape index (κ3) is 7.33. The molecule has 90 valence electrons. The lowest BCUT2D eigenvalue weighted by atomic mass is 10.0.